The summed E-state index contributed by atoms with van der Waals surface area (Å²) in [7, 11) is 1.73. The first-order valence-corrected chi connectivity index (χ1v) is 8.47. The Morgan fingerprint density at radius 2 is 1.81 bits per heavy atom. The van der Waals surface area contributed by atoms with Crippen LogP contribution in [0, 0.1) is 0 Å². The molecule has 1 aliphatic rings. The second-order valence-corrected chi connectivity index (χ2v) is 6.56. The molecule has 1 aliphatic heterocycles. The topological polar surface area (TPSA) is 33.5 Å². The molecule has 0 unspecified atom stereocenters. The predicted molar refractivity (Wildman–Crippen MR) is 95.4 cm³/mol. The van der Waals surface area contributed by atoms with Crippen molar-refractivity contribution in [1.29, 1.82) is 0 Å². The van der Waals surface area contributed by atoms with Gasteiger partial charge in [-0.25, -0.2) is 0 Å². The van der Waals surface area contributed by atoms with Crippen LogP contribution in [0.2, 0.25) is 0 Å². The summed E-state index contributed by atoms with van der Waals surface area (Å²) in [6.45, 7) is 0. The molecule has 0 N–H and O–H groups in total. The number of nitrogens with zero attached hydrogens (tertiary/aromatic N) is 1. The maximum Gasteiger partial charge on any atom is 0.416 e. The van der Waals surface area contributed by atoms with Gasteiger partial charge in [-0.15, -0.1) is 0 Å². The van der Waals surface area contributed by atoms with Crippen LogP contribution in [0.5, 0.6) is 0 Å². The highest BCUT2D eigenvalue weighted by molar-refractivity contribution is 6.04. The number of benzene rings is 2. The summed E-state index contributed by atoms with van der Waals surface area (Å²) in [6, 6.07) is 15.9. The van der Waals surface area contributed by atoms with Gasteiger partial charge in [0.2, 0.25) is 5.91 Å². The van der Waals surface area contributed by atoms with Gasteiger partial charge >= 0.3 is 6.18 Å². The zero-order valence-electron chi connectivity index (χ0n) is 14.5. The molecule has 0 aliphatic carbocycles. The molecule has 0 bridgehead atoms. The Kier molecular flexibility index (Phi) is 4.06. The van der Waals surface area contributed by atoms with Gasteiger partial charge < -0.3 is 9.32 Å². The van der Waals surface area contributed by atoms with Gasteiger partial charge in [-0.2, -0.15) is 13.2 Å². The Morgan fingerprint density at radius 3 is 2.59 bits per heavy atom. The minimum Gasteiger partial charge on any atom is -0.461 e. The van der Waals surface area contributed by atoms with E-state index in [1.54, 1.807) is 30.1 Å². The van der Waals surface area contributed by atoms with E-state index in [0.717, 1.165) is 23.4 Å². The zero-order chi connectivity index (χ0) is 19.2. The lowest BCUT2D eigenvalue weighted by molar-refractivity contribution is -0.137. The first kappa shape index (κ1) is 17.4. The fraction of sp³-hybridized carbons (Fsp3) is 0.190. The van der Waals surface area contributed by atoms with E-state index < -0.39 is 11.7 Å². The van der Waals surface area contributed by atoms with Gasteiger partial charge in [-0.1, -0.05) is 30.3 Å². The molecule has 3 aromatic rings. The lowest BCUT2D eigenvalue weighted by Crippen LogP contribution is -2.24. The average molecular weight is 371 g/mol. The zero-order valence-corrected chi connectivity index (χ0v) is 14.5. The second-order valence-electron chi connectivity index (χ2n) is 6.56. The molecular weight excluding hydrogens is 355 g/mol. The maximum atomic E-state index is 12.9. The maximum absolute atomic E-state index is 12.9. The molecule has 1 atom stereocenters. The molecule has 0 saturated heterocycles. The number of hydrogen-bond acceptors (Lipinski definition) is 2. The Morgan fingerprint density at radius 1 is 1.04 bits per heavy atom. The molecule has 6 heteroatoms. The third-order valence-electron chi connectivity index (χ3n) is 4.84. The fourth-order valence-electron chi connectivity index (χ4n) is 3.46. The highest BCUT2D eigenvalue weighted by Gasteiger charge is 2.35. The van der Waals surface area contributed by atoms with Crippen LogP contribution >= 0.6 is 0 Å². The molecule has 138 valence electrons. The Labute approximate surface area is 154 Å². The van der Waals surface area contributed by atoms with Gasteiger partial charge in [0.1, 0.15) is 11.5 Å². The van der Waals surface area contributed by atoms with E-state index >= 15 is 0 Å². The van der Waals surface area contributed by atoms with Crippen molar-refractivity contribution in [1.82, 2.24) is 0 Å². The number of fused-ring (bicyclic) bond motifs is 1. The molecule has 0 spiro atoms. The highest BCUT2D eigenvalue weighted by Crippen LogP contribution is 2.39. The monoisotopic (exact) mass is 371 g/mol. The predicted octanol–water partition coefficient (Wildman–Crippen LogP) is 5.27. The van der Waals surface area contributed by atoms with Gasteiger partial charge in [0, 0.05) is 24.7 Å². The summed E-state index contributed by atoms with van der Waals surface area (Å²) in [6.07, 6.45) is -4.05. The summed E-state index contributed by atoms with van der Waals surface area (Å²) in [5, 5.41) is 0. The average Bonchev–Trinajstić information content (AvgIpc) is 3.21. The van der Waals surface area contributed by atoms with Crippen LogP contribution in [-0.4, -0.2) is 13.0 Å². The van der Waals surface area contributed by atoms with Crippen molar-refractivity contribution in [2.24, 2.45) is 0 Å². The van der Waals surface area contributed by atoms with Crippen molar-refractivity contribution in [3.05, 3.63) is 77.6 Å². The lowest BCUT2D eigenvalue weighted by atomic mass is 9.96. The van der Waals surface area contributed by atoms with E-state index in [9.17, 15) is 18.0 Å². The number of amides is 1. The SMILES string of the molecule is CN1C(=O)[C@@H](Cc2ccc(-c3cccc(C(F)(F)F)c3)o2)c2ccccc21. The van der Waals surface area contributed by atoms with Crippen LogP contribution in [0.25, 0.3) is 11.3 Å². The van der Waals surface area contributed by atoms with E-state index in [4.69, 9.17) is 4.42 Å². The Balaban J connectivity index is 1.60. The van der Waals surface area contributed by atoms with Crippen LogP contribution in [0.4, 0.5) is 18.9 Å². The number of likely N-dealkylation sites (N-methyl/N-ethyl adjacent to an activating group) is 1. The fourth-order valence-corrected chi connectivity index (χ4v) is 3.46. The van der Waals surface area contributed by atoms with Gasteiger partial charge in [0.25, 0.3) is 0 Å². The number of para-hydroxylation sites is 1. The molecule has 0 radical (unpaired) electrons. The number of carbonyl (C=O) groups is 1. The Bertz CT molecular complexity index is 1010. The summed E-state index contributed by atoms with van der Waals surface area (Å²) in [5.74, 6) is 0.536. The van der Waals surface area contributed by atoms with Crippen LogP contribution in [0.1, 0.15) is 22.8 Å². The van der Waals surface area contributed by atoms with Crippen molar-refractivity contribution < 1.29 is 22.4 Å². The number of carbonyl (C=O) groups excluding carboxylic acids is 1. The van der Waals surface area contributed by atoms with E-state index in [2.05, 4.69) is 0 Å². The number of rotatable bonds is 3. The number of hydrogen-bond donors (Lipinski definition) is 0. The smallest absolute Gasteiger partial charge is 0.416 e. The molecule has 27 heavy (non-hydrogen) atoms. The van der Waals surface area contributed by atoms with Gasteiger partial charge in [-0.3, -0.25) is 4.79 Å². The molecule has 4 rings (SSSR count). The number of halogens is 3. The standard InChI is InChI=1S/C21H16F3NO2/c1-25-18-8-3-2-7-16(18)17(20(25)26)12-15-9-10-19(27-15)13-5-4-6-14(11-13)21(22,23)24/h2-11,17H,12H2,1H3/t17-/m0/s1. The van der Waals surface area contributed by atoms with E-state index in [-0.39, 0.29) is 11.8 Å². The minimum atomic E-state index is -4.41. The van der Waals surface area contributed by atoms with Gasteiger partial charge in [0.05, 0.1) is 11.5 Å². The molecule has 0 saturated carbocycles. The normalized spacial score (nSPS) is 16.7. The lowest BCUT2D eigenvalue weighted by Gasteiger charge is -2.10. The van der Waals surface area contributed by atoms with Crippen molar-refractivity contribution in [3.63, 3.8) is 0 Å². The van der Waals surface area contributed by atoms with E-state index in [0.29, 0.717) is 23.5 Å². The molecule has 1 aromatic heterocycles. The van der Waals surface area contributed by atoms with Gasteiger partial charge in [-0.05, 0) is 35.9 Å². The summed E-state index contributed by atoms with van der Waals surface area (Å²) in [4.78, 5) is 14.2. The highest BCUT2D eigenvalue weighted by atomic mass is 19.4. The van der Waals surface area contributed by atoms with Crippen LogP contribution in [0.3, 0.4) is 0 Å². The molecule has 3 nitrogen and oxygen atoms in total. The molecule has 2 aromatic carbocycles. The van der Waals surface area contributed by atoms with E-state index in [1.165, 1.54) is 6.07 Å². The van der Waals surface area contributed by atoms with Crippen molar-refractivity contribution in [3.8, 4) is 11.3 Å². The van der Waals surface area contributed by atoms with Gasteiger partial charge in [0.15, 0.2) is 0 Å². The molecule has 1 amide bonds. The van der Waals surface area contributed by atoms with E-state index in [1.807, 2.05) is 24.3 Å². The minimum absolute atomic E-state index is 0.0202. The van der Waals surface area contributed by atoms with Crippen molar-refractivity contribution in [2.75, 3.05) is 11.9 Å². The van der Waals surface area contributed by atoms with Crippen LogP contribution in [0.15, 0.2) is 65.1 Å². The quantitative estimate of drug-likeness (QED) is 0.629. The third-order valence-corrected chi connectivity index (χ3v) is 4.84. The van der Waals surface area contributed by atoms with Crippen molar-refractivity contribution in [2.45, 2.75) is 18.5 Å². The summed E-state index contributed by atoms with van der Waals surface area (Å²) < 4.78 is 44.5. The molecular formula is C21H16F3NO2. The number of alkyl halides is 3. The summed E-state index contributed by atoms with van der Waals surface area (Å²) in [5.41, 5.74) is 1.44. The Hall–Kier alpha value is -3.02. The van der Waals surface area contributed by atoms with Crippen LogP contribution in [-0.2, 0) is 17.4 Å². The number of furan rings is 1. The molecule has 0 fully saturated rings. The first-order chi connectivity index (χ1) is 12.8. The summed E-state index contributed by atoms with van der Waals surface area (Å²) >= 11 is 0. The number of anilines is 1. The third kappa shape index (κ3) is 3.12. The largest absolute Gasteiger partial charge is 0.461 e. The first-order valence-electron chi connectivity index (χ1n) is 8.47. The second kappa shape index (κ2) is 6.30. The molecule has 2 heterocycles. The van der Waals surface area contributed by atoms with Crippen LogP contribution < -0.4 is 4.90 Å². The van der Waals surface area contributed by atoms with Crippen molar-refractivity contribution >= 4 is 11.6 Å².